The van der Waals surface area contributed by atoms with Crippen LogP contribution >= 0.6 is 0 Å². The fourth-order valence-corrected chi connectivity index (χ4v) is 1.99. The van der Waals surface area contributed by atoms with Crippen molar-refractivity contribution in [3.8, 4) is 0 Å². The molecule has 0 aliphatic rings. The maximum absolute atomic E-state index is 11.0. The van der Waals surface area contributed by atoms with Crippen LogP contribution in [0.4, 0.5) is 0 Å². The largest absolute Gasteiger partial charge is 0.337 e. The second-order valence-corrected chi connectivity index (χ2v) is 6.39. The van der Waals surface area contributed by atoms with Crippen molar-refractivity contribution in [2.24, 2.45) is 5.73 Å². The molecule has 0 aliphatic heterocycles. The number of nitrogens with zero attached hydrogens (tertiary/aromatic N) is 2. The Bertz CT molecular complexity index is 450. The monoisotopic (exact) mass is 247 g/mol. The van der Waals surface area contributed by atoms with Crippen LogP contribution in [0.1, 0.15) is 38.4 Å². The molecule has 0 saturated carbocycles. The molecular weight excluding hydrogens is 230 g/mol. The first kappa shape index (κ1) is 13.1. The summed E-state index contributed by atoms with van der Waals surface area (Å²) in [4.78, 5) is 4.00. The van der Waals surface area contributed by atoms with Crippen molar-refractivity contribution in [2.75, 3.05) is 6.26 Å². The number of aromatic nitrogens is 2. The van der Waals surface area contributed by atoms with Crippen LogP contribution in [0, 0.1) is 0 Å². The zero-order chi connectivity index (χ0) is 12.4. The van der Waals surface area contributed by atoms with Gasteiger partial charge in [-0.25, -0.2) is 8.42 Å². The van der Waals surface area contributed by atoms with Crippen molar-refractivity contribution in [1.82, 2.24) is 10.1 Å². The number of hydrogen-bond acceptors (Lipinski definition) is 6. The Balaban J connectivity index is 2.87. The molecule has 1 unspecified atom stereocenters. The Morgan fingerprint density at radius 2 is 2.12 bits per heavy atom. The van der Waals surface area contributed by atoms with Crippen LogP contribution in [0.5, 0.6) is 0 Å². The Hall–Kier alpha value is -0.950. The highest BCUT2D eigenvalue weighted by molar-refractivity contribution is 7.89. The molecule has 1 atom stereocenters. The van der Waals surface area contributed by atoms with E-state index in [4.69, 9.17) is 10.3 Å². The minimum atomic E-state index is -3.15. The van der Waals surface area contributed by atoms with Gasteiger partial charge in [-0.15, -0.1) is 0 Å². The summed E-state index contributed by atoms with van der Waals surface area (Å²) in [6.45, 7) is 3.78. The van der Waals surface area contributed by atoms with Gasteiger partial charge in [0, 0.05) is 6.26 Å². The van der Waals surface area contributed by atoms with Gasteiger partial charge in [0.1, 0.15) is 5.75 Å². The third kappa shape index (κ3) is 3.57. The second-order valence-electron chi connectivity index (χ2n) is 4.25. The van der Waals surface area contributed by atoms with E-state index in [2.05, 4.69) is 10.1 Å². The summed E-state index contributed by atoms with van der Waals surface area (Å²) in [6.07, 6.45) is 2.71. The molecule has 16 heavy (non-hydrogen) atoms. The molecule has 0 bridgehead atoms. The minimum Gasteiger partial charge on any atom is -0.337 e. The van der Waals surface area contributed by atoms with Crippen LogP contribution in [0.15, 0.2) is 4.52 Å². The first-order chi connectivity index (χ1) is 7.24. The third-order valence-electron chi connectivity index (χ3n) is 2.12. The second kappa shape index (κ2) is 4.50. The SMILES string of the molecule is CCCC(C)(N)c1nc(CS(C)(=O)=O)no1. The van der Waals surface area contributed by atoms with Gasteiger partial charge in [-0.3, -0.25) is 0 Å². The number of rotatable bonds is 5. The van der Waals surface area contributed by atoms with Gasteiger partial charge in [-0.1, -0.05) is 18.5 Å². The van der Waals surface area contributed by atoms with Crippen molar-refractivity contribution >= 4 is 9.84 Å². The molecule has 6 nitrogen and oxygen atoms in total. The number of sulfone groups is 1. The number of nitrogens with two attached hydrogens (primary N) is 1. The van der Waals surface area contributed by atoms with E-state index in [-0.39, 0.29) is 17.5 Å². The molecule has 1 aromatic rings. The zero-order valence-corrected chi connectivity index (χ0v) is 10.5. The predicted molar refractivity (Wildman–Crippen MR) is 59.3 cm³/mol. The van der Waals surface area contributed by atoms with Crippen LogP contribution in [-0.4, -0.2) is 24.8 Å². The highest BCUT2D eigenvalue weighted by atomic mass is 32.2. The van der Waals surface area contributed by atoms with E-state index < -0.39 is 15.4 Å². The molecule has 1 rings (SSSR count). The Morgan fingerprint density at radius 3 is 2.62 bits per heavy atom. The minimum absolute atomic E-state index is 0.158. The maximum atomic E-state index is 11.0. The molecule has 1 heterocycles. The first-order valence-corrected chi connectivity index (χ1v) is 7.10. The van der Waals surface area contributed by atoms with Gasteiger partial charge >= 0.3 is 0 Å². The van der Waals surface area contributed by atoms with E-state index in [0.717, 1.165) is 12.7 Å². The lowest BCUT2D eigenvalue weighted by Crippen LogP contribution is -2.33. The molecule has 0 spiro atoms. The Kier molecular flexibility index (Phi) is 3.69. The summed E-state index contributed by atoms with van der Waals surface area (Å²) in [6, 6.07) is 0. The van der Waals surface area contributed by atoms with Crippen molar-refractivity contribution < 1.29 is 12.9 Å². The van der Waals surface area contributed by atoms with Crippen molar-refractivity contribution in [3.63, 3.8) is 0 Å². The molecule has 0 aliphatic carbocycles. The van der Waals surface area contributed by atoms with Gasteiger partial charge in [-0.05, 0) is 13.3 Å². The molecule has 0 saturated heterocycles. The Labute approximate surface area is 95.1 Å². The van der Waals surface area contributed by atoms with Crippen LogP contribution in [0.3, 0.4) is 0 Å². The van der Waals surface area contributed by atoms with Gasteiger partial charge in [0.05, 0.1) is 5.54 Å². The summed E-state index contributed by atoms with van der Waals surface area (Å²) in [5, 5.41) is 3.60. The van der Waals surface area contributed by atoms with E-state index in [1.54, 1.807) is 6.92 Å². The normalized spacial score (nSPS) is 16.0. The maximum Gasteiger partial charge on any atom is 0.246 e. The lowest BCUT2D eigenvalue weighted by molar-refractivity contribution is 0.282. The zero-order valence-electron chi connectivity index (χ0n) is 9.73. The highest BCUT2D eigenvalue weighted by Gasteiger charge is 2.27. The Morgan fingerprint density at radius 1 is 1.50 bits per heavy atom. The fourth-order valence-electron chi connectivity index (χ4n) is 1.41. The average molecular weight is 247 g/mol. The first-order valence-electron chi connectivity index (χ1n) is 5.04. The molecule has 0 amide bonds. The summed E-state index contributed by atoms with van der Waals surface area (Å²) >= 11 is 0. The van der Waals surface area contributed by atoms with Gasteiger partial charge < -0.3 is 10.3 Å². The van der Waals surface area contributed by atoms with Gasteiger partial charge in [-0.2, -0.15) is 4.98 Å². The standard InChI is InChI=1S/C9H17N3O3S/c1-4-5-9(2,10)8-11-7(12-15-8)6-16(3,13)14/h4-6,10H2,1-3H3. The van der Waals surface area contributed by atoms with Crippen LogP contribution in [0.25, 0.3) is 0 Å². The van der Waals surface area contributed by atoms with Gasteiger partial charge in [0.25, 0.3) is 0 Å². The van der Waals surface area contributed by atoms with E-state index >= 15 is 0 Å². The van der Waals surface area contributed by atoms with E-state index in [1.807, 2.05) is 6.92 Å². The van der Waals surface area contributed by atoms with Gasteiger partial charge in [0.15, 0.2) is 15.7 Å². The van der Waals surface area contributed by atoms with E-state index in [1.165, 1.54) is 0 Å². The molecule has 0 radical (unpaired) electrons. The molecule has 0 fully saturated rings. The lowest BCUT2D eigenvalue weighted by Gasteiger charge is -2.18. The molecule has 2 N–H and O–H groups in total. The summed E-state index contributed by atoms with van der Waals surface area (Å²) in [5.74, 6) is 0.219. The fraction of sp³-hybridized carbons (Fsp3) is 0.778. The topological polar surface area (TPSA) is 99.1 Å². The van der Waals surface area contributed by atoms with Crippen molar-refractivity contribution in [3.05, 3.63) is 11.7 Å². The smallest absolute Gasteiger partial charge is 0.246 e. The summed E-state index contributed by atoms with van der Waals surface area (Å²) in [7, 11) is -3.15. The summed E-state index contributed by atoms with van der Waals surface area (Å²) < 4.78 is 27.0. The molecule has 1 aromatic heterocycles. The van der Waals surface area contributed by atoms with Gasteiger partial charge in [0.2, 0.25) is 5.89 Å². The molecule has 92 valence electrons. The van der Waals surface area contributed by atoms with E-state index in [0.29, 0.717) is 6.42 Å². The van der Waals surface area contributed by atoms with Crippen molar-refractivity contribution in [1.29, 1.82) is 0 Å². The molecule has 7 heteroatoms. The molecular formula is C9H17N3O3S. The third-order valence-corrected chi connectivity index (χ3v) is 2.90. The number of hydrogen-bond donors (Lipinski definition) is 1. The average Bonchev–Trinajstić information content (AvgIpc) is 2.49. The van der Waals surface area contributed by atoms with E-state index in [9.17, 15) is 8.42 Å². The van der Waals surface area contributed by atoms with Crippen LogP contribution in [0.2, 0.25) is 0 Å². The van der Waals surface area contributed by atoms with Crippen LogP contribution < -0.4 is 5.73 Å². The predicted octanol–water partition coefficient (Wildman–Crippen LogP) is 0.588. The van der Waals surface area contributed by atoms with Crippen molar-refractivity contribution in [2.45, 2.75) is 38.0 Å². The lowest BCUT2D eigenvalue weighted by atomic mass is 9.98. The summed E-state index contributed by atoms with van der Waals surface area (Å²) in [5.41, 5.74) is 5.28. The highest BCUT2D eigenvalue weighted by Crippen LogP contribution is 2.21. The van der Waals surface area contributed by atoms with Crippen LogP contribution in [-0.2, 0) is 21.1 Å². The quantitative estimate of drug-likeness (QED) is 0.817. The molecule has 0 aromatic carbocycles.